The minimum absolute atomic E-state index is 0.00661. The molecule has 0 radical (unpaired) electrons. The third kappa shape index (κ3) is 5.10. The number of benzene rings is 1. The summed E-state index contributed by atoms with van der Waals surface area (Å²) in [4.78, 5) is 11.9. The van der Waals surface area contributed by atoms with Gasteiger partial charge in [0.05, 0.1) is 23.5 Å². The van der Waals surface area contributed by atoms with Crippen molar-refractivity contribution in [1.29, 1.82) is 0 Å². The first-order chi connectivity index (χ1) is 13.8. The van der Waals surface area contributed by atoms with Gasteiger partial charge < -0.3 is 9.30 Å². The van der Waals surface area contributed by atoms with Crippen LogP contribution in [0.15, 0.2) is 53.7 Å². The molecule has 0 aliphatic carbocycles. The minimum Gasteiger partial charge on any atom is -0.493 e. The minimum atomic E-state index is -0.00661. The van der Waals surface area contributed by atoms with E-state index in [4.69, 9.17) is 16.3 Å². The predicted octanol–water partition coefficient (Wildman–Crippen LogP) is 5.58. The Labute approximate surface area is 176 Å². The smallest absolute Gasteiger partial charge is 0.250 e. The van der Waals surface area contributed by atoms with Gasteiger partial charge in [-0.05, 0) is 42.5 Å². The molecule has 29 heavy (non-hydrogen) atoms. The van der Waals surface area contributed by atoms with Crippen molar-refractivity contribution in [1.82, 2.24) is 14.3 Å². The fourth-order valence-corrected chi connectivity index (χ4v) is 3.15. The summed E-state index contributed by atoms with van der Waals surface area (Å²) in [6.07, 6.45) is 7.46. The Bertz CT molecular complexity index is 1040. The fraction of sp³-hybridized carbons (Fsp3) is 0.391. The first-order valence-electron chi connectivity index (χ1n) is 10.0. The van der Waals surface area contributed by atoms with Gasteiger partial charge in [-0.2, -0.15) is 5.10 Å². The highest BCUT2D eigenvalue weighted by molar-refractivity contribution is 6.33. The van der Waals surface area contributed by atoms with E-state index in [2.05, 4.69) is 25.9 Å². The number of halogens is 1. The predicted molar refractivity (Wildman–Crippen MR) is 118 cm³/mol. The van der Waals surface area contributed by atoms with E-state index in [1.165, 1.54) is 0 Å². The van der Waals surface area contributed by atoms with E-state index in [1.54, 1.807) is 27.6 Å². The molecule has 2 heterocycles. The number of ether oxygens (including phenoxy) is 1. The lowest BCUT2D eigenvalue weighted by Crippen LogP contribution is -2.20. The summed E-state index contributed by atoms with van der Waals surface area (Å²) in [6, 6.07) is 9.09. The number of aromatic nitrogens is 3. The molecule has 1 aromatic carbocycles. The average molecular weight is 414 g/mol. The van der Waals surface area contributed by atoms with Crippen LogP contribution in [0.25, 0.3) is 16.8 Å². The van der Waals surface area contributed by atoms with E-state index >= 15 is 0 Å². The van der Waals surface area contributed by atoms with Gasteiger partial charge in [0.2, 0.25) is 0 Å². The van der Waals surface area contributed by atoms with E-state index in [9.17, 15) is 4.79 Å². The number of hydrogen-bond donors (Lipinski definition) is 0. The van der Waals surface area contributed by atoms with Crippen molar-refractivity contribution in [3.63, 3.8) is 0 Å². The Morgan fingerprint density at radius 2 is 1.93 bits per heavy atom. The van der Waals surface area contributed by atoms with E-state index < -0.39 is 0 Å². The van der Waals surface area contributed by atoms with Crippen LogP contribution in [0.2, 0.25) is 5.02 Å². The van der Waals surface area contributed by atoms with Crippen molar-refractivity contribution in [2.75, 3.05) is 6.61 Å². The second-order valence-electron chi connectivity index (χ2n) is 8.04. The Morgan fingerprint density at radius 3 is 2.62 bits per heavy atom. The standard InChI is InChI=1S/C23H28ClN3O2/c1-5-11-26-15-18(7-10-22(26)28)27-14-17(13-25-27)20-9-8-19(12-21(20)24)29-16-23(3,4)6-2/h7-10,12-15H,5-6,11,16H2,1-4H3. The first kappa shape index (κ1) is 21.2. The van der Waals surface area contributed by atoms with Crippen LogP contribution in [-0.4, -0.2) is 21.0 Å². The quantitative estimate of drug-likeness (QED) is 0.484. The molecule has 0 aliphatic heterocycles. The molecule has 0 unspecified atom stereocenters. The normalized spacial score (nSPS) is 11.6. The van der Waals surface area contributed by atoms with E-state index in [0.717, 1.165) is 35.4 Å². The van der Waals surface area contributed by atoms with Crippen molar-refractivity contribution in [2.24, 2.45) is 5.41 Å². The van der Waals surface area contributed by atoms with Crippen molar-refractivity contribution in [3.8, 4) is 22.6 Å². The molecule has 0 N–H and O–H groups in total. The average Bonchev–Trinajstić information content (AvgIpc) is 3.18. The first-order valence-corrected chi connectivity index (χ1v) is 10.4. The van der Waals surface area contributed by atoms with Gasteiger partial charge in [0, 0.05) is 36.1 Å². The molecule has 0 atom stereocenters. The maximum atomic E-state index is 11.9. The summed E-state index contributed by atoms with van der Waals surface area (Å²) < 4.78 is 9.37. The highest BCUT2D eigenvalue weighted by atomic mass is 35.5. The lowest BCUT2D eigenvalue weighted by atomic mass is 9.92. The zero-order chi connectivity index (χ0) is 21.0. The summed E-state index contributed by atoms with van der Waals surface area (Å²) in [6.45, 7) is 9.89. The monoisotopic (exact) mass is 413 g/mol. The van der Waals surface area contributed by atoms with Gasteiger partial charge in [-0.1, -0.05) is 39.3 Å². The fourth-order valence-electron chi connectivity index (χ4n) is 2.87. The SMILES string of the molecule is CCCn1cc(-n2cc(-c3ccc(OCC(C)(C)CC)cc3Cl)cn2)ccc1=O. The van der Waals surface area contributed by atoms with Crippen LogP contribution in [-0.2, 0) is 6.54 Å². The van der Waals surface area contributed by atoms with Crippen LogP contribution < -0.4 is 10.3 Å². The number of pyridine rings is 1. The highest BCUT2D eigenvalue weighted by Gasteiger charge is 2.16. The molecular weight excluding hydrogens is 386 g/mol. The molecule has 2 aromatic heterocycles. The molecule has 0 bridgehead atoms. The summed E-state index contributed by atoms with van der Waals surface area (Å²) in [5.74, 6) is 0.763. The van der Waals surface area contributed by atoms with Gasteiger partial charge in [0.1, 0.15) is 5.75 Å². The molecule has 3 aromatic rings. The third-order valence-corrected chi connectivity index (χ3v) is 5.43. The van der Waals surface area contributed by atoms with Crippen molar-refractivity contribution < 1.29 is 4.74 Å². The van der Waals surface area contributed by atoms with Crippen LogP contribution >= 0.6 is 11.6 Å². The maximum Gasteiger partial charge on any atom is 0.250 e. The van der Waals surface area contributed by atoms with Gasteiger partial charge in [-0.15, -0.1) is 0 Å². The van der Waals surface area contributed by atoms with Crippen LogP contribution in [0.4, 0.5) is 0 Å². The second-order valence-corrected chi connectivity index (χ2v) is 8.45. The largest absolute Gasteiger partial charge is 0.493 e. The molecule has 0 saturated heterocycles. The van der Waals surface area contributed by atoms with Crippen molar-refractivity contribution in [2.45, 2.75) is 47.1 Å². The molecule has 3 rings (SSSR count). The number of aryl methyl sites for hydroxylation is 1. The van der Waals surface area contributed by atoms with Crippen molar-refractivity contribution >= 4 is 11.6 Å². The number of nitrogens with zero attached hydrogens (tertiary/aromatic N) is 3. The molecular formula is C23H28ClN3O2. The number of hydrogen-bond acceptors (Lipinski definition) is 3. The van der Waals surface area contributed by atoms with Crippen LogP contribution in [0, 0.1) is 5.41 Å². The van der Waals surface area contributed by atoms with Gasteiger partial charge >= 0.3 is 0 Å². The second kappa shape index (κ2) is 8.87. The lowest BCUT2D eigenvalue weighted by molar-refractivity contribution is 0.175. The van der Waals surface area contributed by atoms with E-state index in [0.29, 0.717) is 18.2 Å². The van der Waals surface area contributed by atoms with Gasteiger partial charge in [0.25, 0.3) is 5.56 Å². The Kier molecular flexibility index (Phi) is 6.48. The Balaban J connectivity index is 1.82. The molecule has 5 nitrogen and oxygen atoms in total. The lowest BCUT2D eigenvalue weighted by Gasteiger charge is -2.22. The molecule has 154 valence electrons. The van der Waals surface area contributed by atoms with E-state index in [1.807, 2.05) is 37.5 Å². The Morgan fingerprint density at radius 1 is 1.14 bits per heavy atom. The Hall–Kier alpha value is -2.53. The topological polar surface area (TPSA) is 49.0 Å². The van der Waals surface area contributed by atoms with Crippen molar-refractivity contribution in [3.05, 3.63) is 64.3 Å². The zero-order valence-corrected chi connectivity index (χ0v) is 18.2. The maximum absolute atomic E-state index is 11.9. The summed E-state index contributed by atoms with van der Waals surface area (Å²) in [5.41, 5.74) is 2.75. The van der Waals surface area contributed by atoms with Crippen LogP contribution in [0.5, 0.6) is 5.75 Å². The van der Waals surface area contributed by atoms with Gasteiger partial charge in [-0.3, -0.25) is 4.79 Å². The zero-order valence-electron chi connectivity index (χ0n) is 17.5. The van der Waals surface area contributed by atoms with Crippen LogP contribution in [0.1, 0.15) is 40.5 Å². The molecule has 6 heteroatoms. The molecule has 0 aliphatic rings. The van der Waals surface area contributed by atoms with E-state index in [-0.39, 0.29) is 11.0 Å². The summed E-state index contributed by atoms with van der Waals surface area (Å²) in [7, 11) is 0. The van der Waals surface area contributed by atoms with Gasteiger partial charge in [0.15, 0.2) is 0 Å². The highest BCUT2D eigenvalue weighted by Crippen LogP contribution is 2.32. The van der Waals surface area contributed by atoms with Crippen LogP contribution in [0.3, 0.4) is 0 Å². The molecule has 0 fully saturated rings. The summed E-state index contributed by atoms with van der Waals surface area (Å²) >= 11 is 6.53. The molecule has 0 amide bonds. The third-order valence-electron chi connectivity index (χ3n) is 5.12. The molecule has 0 spiro atoms. The summed E-state index contributed by atoms with van der Waals surface area (Å²) in [5, 5.41) is 5.07. The van der Waals surface area contributed by atoms with Gasteiger partial charge in [-0.25, -0.2) is 4.68 Å². The molecule has 0 saturated carbocycles. The number of rotatable bonds is 8.